The maximum atomic E-state index is 5.96. The largest absolute Gasteiger partial charge is 0.326 e. The molecule has 2 rings (SSSR count). The van der Waals surface area contributed by atoms with Gasteiger partial charge in [0.15, 0.2) is 0 Å². The number of halogens is 2. The molecule has 0 radical (unpaired) electrons. The first kappa shape index (κ1) is 11.0. The van der Waals surface area contributed by atoms with Crippen LogP contribution in [-0.2, 0) is 6.54 Å². The highest BCUT2D eigenvalue weighted by atomic mass is 35.5. The first-order valence-electron chi connectivity index (χ1n) is 4.45. The van der Waals surface area contributed by atoms with Crippen molar-refractivity contribution < 1.29 is 0 Å². The fourth-order valence-electron chi connectivity index (χ4n) is 1.42. The van der Waals surface area contributed by atoms with E-state index in [1.54, 1.807) is 0 Å². The van der Waals surface area contributed by atoms with E-state index in [0.29, 0.717) is 11.6 Å². The molecule has 1 aromatic heterocycles. The second-order valence-corrected chi connectivity index (χ2v) is 5.26. The molecule has 1 aromatic carbocycles. The van der Waals surface area contributed by atoms with E-state index >= 15 is 0 Å². The molecule has 0 aliphatic rings. The van der Waals surface area contributed by atoms with Gasteiger partial charge in [-0.2, -0.15) is 0 Å². The number of rotatable bonds is 2. The highest BCUT2D eigenvalue weighted by Crippen LogP contribution is 2.34. The average Bonchev–Trinajstić information content (AvgIpc) is 2.65. The highest BCUT2D eigenvalue weighted by molar-refractivity contribution is 7.19. The van der Waals surface area contributed by atoms with Crippen molar-refractivity contribution in [1.82, 2.24) is 0 Å². The molecule has 78 valence electrons. The quantitative estimate of drug-likeness (QED) is 0.859. The molecule has 2 aromatic rings. The molecule has 0 amide bonds. The third kappa shape index (κ3) is 2.34. The van der Waals surface area contributed by atoms with Crippen LogP contribution in [0.3, 0.4) is 0 Å². The maximum Gasteiger partial charge on any atom is 0.0934 e. The molecule has 0 atom stereocenters. The van der Waals surface area contributed by atoms with Gasteiger partial charge in [0.1, 0.15) is 0 Å². The Labute approximate surface area is 102 Å². The van der Waals surface area contributed by atoms with E-state index in [9.17, 15) is 0 Å². The molecule has 0 aliphatic carbocycles. The normalized spacial score (nSPS) is 10.6. The second kappa shape index (κ2) is 4.54. The fraction of sp³-hybridized carbons (Fsp3) is 0.0909. The van der Waals surface area contributed by atoms with E-state index in [0.717, 1.165) is 20.3 Å². The molecule has 0 saturated carbocycles. The van der Waals surface area contributed by atoms with Gasteiger partial charge in [-0.1, -0.05) is 29.3 Å². The van der Waals surface area contributed by atoms with Crippen LogP contribution < -0.4 is 5.73 Å². The molecule has 4 heteroatoms. The van der Waals surface area contributed by atoms with Gasteiger partial charge < -0.3 is 5.73 Å². The lowest BCUT2D eigenvalue weighted by Crippen LogP contribution is -1.98. The summed E-state index contributed by atoms with van der Waals surface area (Å²) in [6, 6.07) is 9.58. The molecule has 0 saturated heterocycles. The molecular weight excluding hydrogens is 249 g/mol. The molecule has 0 spiro atoms. The molecule has 0 aliphatic heterocycles. The second-order valence-electron chi connectivity index (χ2n) is 3.11. The monoisotopic (exact) mass is 257 g/mol. The summed E-state index contributed by atoms with van der Waals surface area (Å²) in [7, 11) is 0. The van der Waals surface area contributed by atoms with Crippen LogP contribution in [0.5, 0.6) is 0 Å². The number of hydrogen-bond acceptors (Lipinski definition) is 2. The zero-order valence-electron chi connectivity index (χ0n) is 7.84. The summed E-state index contributed by atoms with van der Waals surface area (Å²) < 4.78 is 0.771. The summed E-state index contributed by atoms with van der Waals surface area (Å²) in [6.07, 6.45) is 0. The summed E-state index contributed by atoms with van der Waals surface area (Å²) in [4.78, 5) is 1.10. The fourth-order valence-corrected chi connectivity index (χ4v) is 2.68. The van der Waals surface area contributed by atoms with Gasteiger partial charge in [-0.15, -0.1) is 11.3 Å². The molecule has 2 N–H and O–H groups in total. The average molecular weight is 258 g/mol. The van der Waals surface area contributed by atoms with Gasteiger partial charge in [-0.25, -0.2) is 0 Å². The van der Waals surface area contributed by atoms with Crippen LogP contribution in [0.4, 0.5) is 0 Å². The van der Waals surface area contributed by atoms with Crippen molar-refractivity contribution in [3.05, 3.63) is 45.3 Å². The van der Waals surface area contributed by atoms with Gasteiger partial charge in [0.2, 0.25) is 0 Å². The topological polar surface area (TPSA) is 26.0 Å². The van der Waals surface area contributed by atoms with E-state index in [1.807, 2.05) is 30.3 Å². The Balaban J connectivity index is 2.55. The summed E-state index contributed by atoms with van der Waals surface area (Å²) >= 11 is 13.4. The maximum absolute atomic E-state index is 5.96. The zero-order valence-corrected chi connectivity index (χ0v) is 10.2. The van der Waals surface area contributed by atoms with Crippen molar-refractivity contribution in [1.29, 1.82) is 0 Å². The minimum Gasteiger partial charge on any atom is -0.326 e. The lowest BCUT2D eigenvalue weighted by atomic mass is 10.1. The zero-order chi connectivity index (χ0) is 10.8. The smallest absolute Gasteiger partial charge is 0.0934 e. The van der Waals surface area contributed by atoms with Crippen molar-refractivity contribution >= 4 is 34.5 Å². The predicted molar refractivity (Wildman–Crippen MR) is 67.7 cm³/mol. The van der Waals surface area contributed by atoms with Crippen molar-refractivity contribution in [3.8, 4) is 10.4 Å². The van der Waals surface area contributed by atoms with Crippen LogP contribution in [0.25, 0.3) is 10.4 Å². The number of hydrogen-bond donors (Lipinski definition) is 1. The van der Waals surface area contributed by atoms with Gasteiger partial charge in [0.05, 0.1) is 4.34 Å². The molecule has 0 fully saturated rings. The van der Waals surface area contributed by atoms with Crippen LogP contribution >= 0.6 is 34.5 Å². The molecule has 0 bridgehead atoms. The van der Waals surface area contributed by atoms with Crippen LogP contribution in [-0.4, -0.2) is 0 Å². The van der Waals surface area contributed by atoms with E-state index in [-0.39, 0.29) is 0 Å². The Morgan fingerprint density at radius 2 is 1.93 bits per heavy atom. The van der Waals surface area contributed by atoms with Gasteiger partial charge >= 0.3 is 0 Å². The third-order valence-electron chi connectivity index (χ3n) is 2.13. The Hall–Kier alpha value is -0.540. The minimum atomic E-state index is 0.502. The van der Waals surface area contributed by atoms with E-state index in [2.05, 4.69) is 0 Å². The van der Waals surface area contributed by atoms with Gasteiger partial charge in [0.25, 0.3) is 0 Å². The Morgan fingerprint density at radius 3 is 2.53 bits per heavy atom. The standard InChI is InChI=1S/C11H9Cl2NS/c12-8-2-1-7(6-14)9(5-8)10-3-4-11(13)15-10/h1-5H,6,14H2. The molecule has 1 nitrogen and oxygen atoms in total. The highest BCUT2D eigenvalue weighted by Gasteiger charge is 2.07. The Morgan fingerprint density at radius 1 is 1.13 bits per heavy atom. The first-order chi connectivity index (χ1) is 7.20. The van der Waals surface area contributed by atoms with Crippen molar-refractivity contribution in [3.63, 3.8) is 0 Å². The van der Waals surface area contributed by atoms with Crippen molar-refractivity contribution in [2.75, 3.05) is 0 Å². The van der Waals surface area contributed by atoms with Crippen molar-refractivity contribution in [2.45, 2.75) is 6.54 Å². The van der Waals surface area contributed by atoms with Gasteiger partial charge in [-0.05, 0) is 35.4 Å². The van der Waals surface area contributed by atoms with Gasteiger partial charge in [-0.3, -0.25) is 0 Å². The Bertz CT molecular complexity index is 479. The molecule has 1 heterocycles. The summed E-state index contributed by atoms with van der Waals surface area (Å²) in [5, 5.41) is 0.715. The number of nitrogens with two attached hydrogens (primary N) is 1. The van der Waals surface area contributed by atoms with Crippen LogP contribution in [0.1, 0.15) is 5.56 Å². The van der Waals surface area contributed by atoms with Crippen LogP contribution in [0.2, 0.25) is 9.36 Å². The summed E-state index contributed by atoms with van der Waals surface area (Å²) in [5.74, 6) is 0. The molecule has 15 heavy (non-hydrogen) atoms. The number of thiophene rings is 1. The van der Waals surface area contributed by atoms with E-state index in [4.69, 9.17) is 28.9 Å². The van der Waals surface area contributed by atoms with Crippen LogP contribution in [0, 0.1) is 0 Å². The van der Waals surface area contributed by atoms with E-state index < -0.39 is 0 Å². The predicted octanol–water partition coefficient (Wildman–Crippen LogP) is 4.18. The first-order valence-corrected chi connectivity index (χ1v) is 6.02. The van der Waals surface area contributed by atoms with Crippen molar-refractivity contribution in [2.24, 2.45) is 5.73 Å². The minimum absolute atomic E-state index is 0.502. The SMILES string of the molecule is NCc1ccc(Cl)cc1-c1ccc(Cl)s1. The van der Waals surface area contributed by atoms with Crippen LogP contribution in [0.15, 0.2) is 30.3 Å². The molecular formula is C11H9Cl2NS. The summed E-state index contributed by atoms with van der Waals surface area (Å²) in [5.41, 5.74) is 7.83. The third-order valence-corrected chi connectivity index (χ3v) is 3.63. The van der Waals surface area contributed by atoms with Gasteiger partial charge in [0, 0.05) is 16.4 Å². The lowest BCUT2D eigenvalue weighted by Gasteiger charge is -2.05. The summed E-state index contributed by atoms with van der Waals surface area (Å²) in [6.45, 7) is 0.502. The lowest BCUT2D eigenvalue weighted by molar-refractivity contribution is 1.08. The van der Waals surface area contributed by atoms with E-state index in [1.165, 1.54) is 11.3 Å². The number of benzene rings is 1. The molecule has 0 unspecified atom stereocenters. The Kier molecular flexibility index (Phi) is 3.32.